The first kappa shape index (κ1) is 11.4. The van der Waals surface area contributed by atoms with Crippen LogP contribution in [-0.4, -0.2) is 6.26 Å². The summed E-state index contributed by atoms with van der Waals surface area (Å²) in [6.45, 7) is 0. The number of ether oxygens (including phenoxy) is 1. The monoisotopic (exact) mass is 250 g/mol. The van der Waals surface area contributed by atoms with Crippen LogP contribution in [0.1, 0.15) is 0 Å². The van der Waals surface area contributed by atoms with Crippen LogP contribution in [0.15, 0.2) is 53.4 Å². The van der Waals surface area contributed by atoms with Crippen molar-refractivity contribution in [3.63, 3.8) is 0 Å². The Kier molecular flexibility index (Phi) is 3.75. The molecule has 16 heavy (non-hydrogen) atoms. The van der Waals surface area contributed by atoms with Crippen molar-refractivity contribution < 1.29 is 4.74 Å². The molecule has 0 heterocycles. The van der Waals surface area contributed by atoms with Gasteiger partial charge in [0.1, 0.15) is 11.5 Å². The third kappa shape index (κ3) is 2.71. The Morgan fingerprint density at radius 3 is 2.31 bits per heavy atom. The van der Waals surface area contributed by atoms with Crippen molar-refractivity contribution in [3.8, 4) is 11.5 Å². The van der Waals surface area contributed by atoms with E-state index in [-0.39, 0.29) is 0 Å². The van der Waals surface area contributed by atoms with Gasteiger partial charge in [-0.1, -0.05) is 23.7 Å². The van der Waals surface area contributed by atoms with Gasteiger partial charge in [-0.2, -0.15) is 0 Å². The Labute approximate surface area is 104 Å². The lowest BCUT2D eigenvalue weighted by Crippen LogP contribution is -1.84. The minimum Gasteiger partial charge on any atom is -0.456 e. The number of thioether (sulfide) groups is 1. The standard InChI is InChI=1S/C13H11ClOS/c1-16-11-8-6-10(7-9-11)15-13-5-3-2-4-12(13)14/h2-9H,1H3. The van der Waals surface area contributed by atoms with E-state index in [1.165, 1.54) is 4.90 Å². The maximum Gasteiger partial charge on any atom is 0.146 e. The van der Waals surface area contributed by atoms with Crippen LogP contribution < -0.4 is 4.74 Å². The Hall–Kier alpha value is -1.12. The summed E-state index contributed by atoms with van der Waals surface area (Å²) < 4.78 is 5.67. The maximum atomic E-state index is 6.00. The van der Waals surface area contributed by atoms with E-state index in [1.807, 2.05) is 54.8 Å². The van der Waals surface area contributed by atoms with Gasteiger partial charge in [-0.25, -0.2) is 0 Å². The zero-order valence-electron chi connectivity index (χ0n) is 8.81. The maximum absolute atomic E-state index is 6.00. The lowest BCUT2D eigenvalue weighted by molar-refractivity contribution is 0.482. The molecule has 0 spiro atoms. The van der Waals surface area contributed by atoms with E-state index in [0.29, 0.717) is 10.8 Å². The van der Waals surface area contributed by atoms with Crippen LogP contribution in [0.3, 0.4) is 0 Å². The summed E-state index contributed by atoms with van der Waals surface area (Å²) in [6, 6.07) is 15.4. The van der Waals surface area contributed by atoms with Gasteiger partial charge in [0.15, 0.2) is 0 Å². The minimum atomic E-state index is 0.622. The number of hydrogen-bond acceptors (Lipinski definition) is 2. The molecule has 0 radical (unpaired) electrons. The van der Waals surface area contributed by atoms with Crippen molar-refractivity contribution in [2.45, 2.75) is 4.90 Å². The topological polar surface area (TPSA) is 9.23 Å². The van der Waals surface area contributed by atoms with E-state index in [1.54, 1.807) is 11.8 Å². The zero-order valence-corrected chi connectivity index (χ0v) is 10.4. The molecule has 0 N–H and O–H groups in total. The smallest absolute Gasteiger partial charge is 0.146 e. The first-order chi connectivity index (χ1) is 7.79. The average Bonchev–Trinajstić information content (AvgIpc) is 2.33. The van der Waals surface area contributed by atoms with Crippen LogP contribution in [0.25, 0.3) is 0 Å². The lowest BCUT2D eigenvalue weighted by Gasteiger charge is -2.07. The normalized spacial score (nSPS) is 10.1. The fourth-order valence-corrected chi connectivity index (χ4v) is 1.88. The van der Waals surface area contributed by atoms with Crippen molar-refractivity contribution in [1.82, 2.24) is 0 Å². The number of halogens is 1. The third-order valence-electron chi connectivity index (χ3n) is 2.12. The Bertz CT molecular complexity index is 468. The van der Waals surface area contributed by atoms with Gasteiger partial charge in [0.25, 0.3) is 0 Å². The van der Waals surface area contributed by atoms with Crippen molar-refractivity contribution in [1.29, 1.82) is 0 Å². The predicted molar refractivity (Wildman–Crippen MR) is 69.7 cm³/mol. The predicted octanol–water partition coefficient (Wildman–Crippen LogP) is 4.85. The van der Waals surface area contributed by atoms with Gasteiger partial charge in [0.05, 0.1) is 5.02 Å². The van der Waals surface area contributed by atoms with Crippen LogP contribution in [0, 0.1) is 0 Å². The molecular weight excluding hydrogens is 240 g/mol. The van der Waals surface area contributed by atoms with Crippen LogP contribution in [0.4, 0.5) is 0 Å². The van der Waals surface area contributed by atoms with Gasteiger partial charge in [0.2, 0.25) is 0 Å². The molecule has 0 aromatic heterocycles. The lowest BCUT2D eigenvalue weighted by atomic mass is 10.3. The van der Waals surface area contributed by atoms with E-state index in [2.05, 4.69) is 0 Å². The first-order valence-electron chi connectivity index (χ1n) is 4.86. The summed E-state index contributed by atoms with van der Waals surface area (Å²) >= 11 is 7.71. The highest BCUT2D eigenvalue weighted by molar-refractivity contribution is 7.98. The molecule has 3 heteroatoms. The number of benzene rings is 2. The van der Waals surface area contributed by atoms with Crippen LogP contribution >= 0.6 is 23.4 Å². The second-order valence-corrected chi connectivity index (χ2v) is 4.49. The van der Waals surface area contributed by atoms with Gasteiger partial charge in [-0.3, -0.25) is 0 Å². The number of rotatable bonds is 3. The van der Waals surface area contributed by atoms with E-state index in [4.69, 9.17) is 16.3 Å². The molecular formula is C13H11ClOS. The summed E-state index contributed by atoms with van der Waals surface area (Å²) in [5.74, 6) is 1.48. The molecule has 0 unspecified atom stereocenters. The van der Waals surface area contributed by atoms with Crippen LogP contribution in [-0.2, 0) is 0 Å². The number of para-hydroxylation sites is 1. The zero-order chi connectivity index (χ0) is 11.4. The molecule has 1 nitrogen and oxygen atoms in total. The Morgan fingerprint density at radius 2 is 1.69 bits per heavy atom. The SMILES string of the molecule is CSc1ccc(Oc2ccccc2Cl)cc1. The van der Waals surface area contributed by atoms with E-state index < -0.39 is 0 Å². The third-order valence-corrected chi connectivity index (χ3v) is 3.18. The van der Waals surface area contributed by atoms with Crippen LogP contribution in [0.5, 0.6) is 11.5 Å². The highest BCUT2D eigenvalue weighted by atomic mass is 35.5. The molecule has 82 valence electrons. The molecule has 0 atom stereocenters. The van der Waals surface area contributed by atoms with Crippen LogP contribution in [0.2, 0.25) is 5.02 Å². The molecule has 0 amide bonds. The van der Waals surface area contributed by atoms with Gasteiger partial charge >= 0.3 is 0 Å². The van der Waals surface area contributed by atoms with Crippen molar-refractivity contribution in [2.75, 3.05) is 6.26 Å². The summed E-state index contributed by atoms with van der Waals surface area (Å²) in [6.07, 6.45) is 2.05. The molecule has 2 aromatic rings. The molecule has 0 fully saturated rings. The fourth-order valence-electron chi connectivity index (χ4n) is 1.30. The van der Waals surface area contributed by atoms with Crippen molar-refractivity contribution in [2.24, 2.45) is 0 Å². The molecule has 2 rings (SSSR count). The average molecular weight is 251 g/mol. The summed E-state index contributed by atoms with van der Waals surface area (Å²) in [4.78, 5) is 1.21. The van der Waals surface area contributed by atoms with Crippen molar-refractivity contribution >= 4 is 23.4 Å². The largest absolute Gasteiger partial charge is 0.456 e. The fraction of sp³-hybridized carbons (Fsp3) is 0.0769. The highest BCUT2D eigenvalue weighted by Crippen LogP contribution is 2.29. The van der Waals surface area contributed by atoms with E-state index in [9.17, 15) is 0 Å². The minimum absolute atomic E-state index is 0.622. The second kappa shape index (κ2) is 5.28. The molecule has 0 aliphatic rings. The second-order valence-electron chi connectivity index (χ2n) is 3.21. The molecule has 0 bridgehead atoms. The molecule has 0 aliphatic heterocycles. The van der Waals surface area contributed by atoms with Crippen molar-refractivity contribution in [3.05, 3.63) is 53.6 Å². The molecule has 0 saturated carbocycles. The summed E-state index contributed by atoms with van der Waals surface area (Å²) in [7, 11) is 0. The first-order valence-corrected chi connectivity index (χ1v) is 6.46. The molecule has 2 aromatic carbocycles. The summed E-state index contributed by atoms with van der Waals surface area (Å²) in [5.41, 5.74) is 0. The van der Waals surface area contributed by atoms with Gasteiger partial charge in [-0.15, -0.1) is 11.8 Å². The number of hydrogen-bond donors (Lipinski definition) is 0. The van der Waals surface area contributed by atoms with Gasteiger partial charge in [-0.05, 0) is 42.7 Å². The van der Waals surface area contributed by atoms with E-state index in [0.717, 1.165) is 5.75 Å². The van der Waals surface area contributed by atoms with E-state index >= 15 is 0 Å². The highest BCUT2D eigenvalue weighted by Gasteiger charge is 2.01. The van der Waals surface area contributed by atoms with Gasteiger partial charge in [0, 0.05) is 4.90 Å². The quantitative estimate of drug-likeness (QED) is 0.720. The van der Waals surface area contributed by atoms with Gasteiger partial charge < -0.3 is 4.74 Å². The Morgan fingerprint density at radius 1 is 1.00 bits per heavy atom. The molecule has 0 saturated heterocycles. The Balaban J connectivity index is 2.18. The summed E-state index contributed by atoms with van der Waals surface area (Å²) in [5, 5.41) is 0.622. The molecule has 0 aliphatic carbocycles.